The Morgan fingerprint density at radius 1 is 1.37 bits per heavy atom. The molecular weight excluding hydrogens is 240 g/mol. The highest BCUT2D eigenvalue weighted by molar-refractivity contribution is 5.35. The molecule has 2 heterocycles. The van der Waals surface area contributed by atoms with E-state index in [1.807, 2.05) is 24.3 Å². The SMILES string of the molecule is NNc1cc(CN(Cc2ccco2)C2CC2)ccn1. The number of nitrogens with two attached hydrogens (primary N) is 1. The lowest BCUT2D eigenvalue weighted by molar-refractivity contribution is 0.225. The second-order valence-corrected chi connectivity index (χ2v) is 4.91. The number of anilines is 1. The molecule has 2 aromatic rings. The molecule has 0 amide bonds. The van der Waals surface area contributed by atoms with E-state index in [1.165, 1.54) is 18.4 Å². The Kier molecular flexibility index (Phi) is 3.48. The molecule has 0 saturated heterocycles. The first-order chi connectivity index (χ1) is 9.35. The highest BCUT2D eigenvalue weighted by atomic mass is 16.3. The van der Waals surface area contributed by atoms with Crippen molar-refractivity contribution in [2.24, 2.45) is 5.84 Å². The molecule has 1 saturated carbocycles. The van der Waals surface area contributed by atoms with Crippen molar-refractivity contribution in [1.82, 2.24) is 9.88 Å². The van der Waals surface area contributed by atoms with Crippen LogP contribution in [0.3, 0.4) is 0 Å². The monoisotopic (exact) mass is 258 g/mol. The van der Waals surface area contributed by atoms with Crippen molar-refractivity contribution < 1.29 is 4.42 Å². The average Bonchev–Trinajstić information content (AvgIpc) is 3.17. The minimum Gasteiger partial charge on any atom is -0.468 e. The van der Waals surface area contributed by atoms with Gasteiger partial charge in [-0.1, -0.05) is 0 Å². The number of rotatable bonds is 6. The Bertz CT molecular complexity index is 522. The van der Waals surface area contributed by atoms with E-state index in [4.69, 9.17) is 10.3 Å². The van der Waals surface area contributed by atoms with Crippen LogP contribution in [0, 0.1) is 0 Å². The van der Waals surface area contributed by atoms with Crippen molar-refractivity contribution >= 4 is 5.82 Å². The summed E-state index contributed by atoms with van der Waals surface area (Å²) in [7, 11) is 0. The number of hydrogen-bond donors (Lipinski definition) is 2. The largest absolute Gasteiger partial charge is 0.468 e. The van der Waals surface area contributed by atoms with Crippen LogP contribution in [-0.2, 0) is 13.1 Å². The third-order valence-corrected chi connectivity index (χ3v) is 3.36. The molecule has 3 rings (SSSR count). The van der Waals surface area contributed by atoms with Crippen molar-refractivity contribution in [1.29, 1.82) is 0 Å². The van der Waals surface area contributed by atoms with Crippen LogP contribution < -0.4 is 11.3 Å². The number of furan rings is 1. The Balaban J connectivity index is 1.70. The zero-order chi connectivity index (χ0) is 13.1. The molecule has 0 aromatic carbocycles. The van der Waals surface area contributed by atoms with Gasteiger partial charge in [0.1, 0.15) is 11.6 Å². The molecule has 0 bridgehead atoms. The Morgan fingerprint density at radius 2 is 2.26 bits per heavy atom. The average molecular weight is 258 g/mol. The second kappa shape index (κ2) is 5.42. The molecule has 100 valence electrons. The predicted molar refractivity (Wildman–Crippen MR) is 73.0 cm³/mol. The van der Waals surface area contributed by atoms with Crippen molar-refractivity contribution in [3.8, 4) is 0 Å². The molecule has 0 atom stereocenters. The molecule has 5 heteroatoms. The lowest BCUT2D eigenvalue weighted by Gasteiger charge is -2.21. The first kappa shape index (κ1) is 12.2. The fourth-order valence-electron chi connectivity index (χ4n) is 2.24. The van der Waals surface area contributed by atoms with Gasteiger partial charge in [-0.15, -0.1) is 0 Å². The van der Waals surface area contributed by atoms with Crippen LogP contribution in [0.2, 0.25) is 0 Å². The van der Waals surface area contributed by atoms with Crippen LogP contribution in [0.15, 0.2) is 41.1 Å². The van der Waals surface area contributed by atoms with E-state index in [1.54, 1.807) is 12.5 Å². The molecule has 2 aromatic heterocycles. The summed E-state index contributed by atoms with van der Waals surface area (Å²) in [6.45, 7) is 1.74. The number of nitrogens with one attached hydrogen (secondary N) is 1. The molecule has 0 spiro atoms. The highest BCUT2D eigenvalue weighted by Crippen LogP contribution is 2.30. The summed E-state index contributed by atoms with van der Waals surface area (Å²) in [6, 6.07) is 8.64. The zero-order valence-electron chi connectivity index (χ0n) is 10.7. The lowest BCUT2D eigenvalue weighted by atomic mass is 10.2. The maximum atomic E-state index is 5.44. The Morgan fingerprint density at radius 3 is 2.95 bits per heavy atom. The van der Waals surface area contributed by atoms with Gasteiger partial charge in [0, 0.05) is 18.8 Å². The summed E-state index contributed by atoms with van der Waals surface area (Å²) < 4.78 is 5.44. The van der Waals surface area contributed by atoms with E-state index in [-0.39, 0.29) is 0 Å². The molecule has 19 heavy (non-hydrogen) atoms. The molecule has 5 nitrogen and oxygen atoms in total. The molecule has 3 N–H and O–H groups in total. The third-order valence-electron chi connectivity index (χ3n) is 3.36. The second-order valence-electron chi connectivity index (χ2n) is 4.91. The summed E-state index contributed by atoms with van der Waals surface area (Å²) >= 11 is 0. The van der Waals surface area contributed by atoms with E-state index in [0.717, 1.165) is 18.8 Å². The van der Waals surface area contributed by atoms with E-state index >= 15 is 0 Å². The van der Waals surface area contributed by atoms with Crippen LogP contribution >= 0.6 is 0 Å². The highest BCUT2D eigenvalue weighted by Gasteiger charge is 2.29. The molecular formula is C14H18N4O. The third kappa shape index (κ3) is 3.13. The molecule has 0 unspecified atom stereocenters. The summed E-state index contributed by atoms with van der Waals surface area (Å²) in [5.74, 6) is 7.10. The van der Waals surface area contributed by atoms with E-state index in [2.05, 4.69) is 15.3 Å². The van der Waals surface area contributed by atoms with Gasteiger partial charge in [0.2, 0.25) is 0 Å². The summed E-state index contributed by atoms with van der Waals surface area (Å²) in [5, 5.41) is 0. The number of aromatic nitrogens is 1. The quantitative estimate of drug-likeness (QED) is 0.613. The normalized spacial score (nSPS) is 14.8. The predicted octanol–water partition coefficient (Wildman–Crippen LogP) is 2.12. The maximum Gasteiger partial charge on any atom is 0.140 e. The van der Waals surface area contributed by atoms with Crippen molar-refractivity contribution in [3.05, 3.63) is 48.0 Å². The van der Waals surface area contributed by atoms with Gasteiger partial charge in [0.25, 0.3) is 0 Å². The topological polar surface area (TPSA) is 67.3 Å². The van der Waals surface area contributed by atoms with Gasteiger partial charge < -0.3 is 9.84 Å². The number of nitrogen functional groups attached to an aromatic ring is 1. The van der Waals surface area contributed by atoms with Crippen molar-refractivity contribution in [2.75, 3.05) is 5.43 Å². The van der Waals surface area contributed by atoms with Crippen LogP contribution in [0.1, 0.15) is 24.2 Å². The molecule has 1 aliphatic carbocycles. The first-order valence-corrected chi connectivity index (χ1v) is 6.53. The van der Waals surface area contributed by atoms with Crippen molar-refractivity contribution in [3.63, 3.8) is 0 Å². The maximum absolute atomic E-state index is 5.44. The van der Waals surface area contributed by atoms with Crippen LogP contribution in [0.5, 0.6) is 0 Å². The van der Waals surface area contributed by atoms with Crippen LogP contribution in [-0.4, -0.2) is 15.9 Å². The van der Waals surface area contributed by atoms with Gasteiger partial charge in [-0.3, -0.25) is 4.90 Å². The summed E-state index contributed by atoms with van der Waals surface area (Å²) in [6.07, 6.45) is 6.05. The van der Waals surface area contributed by atoms with Crippen LogP contribution in [0.25, 0.3) is 0 Å². The van der Waals surface area contributed by atoms with Gasteiger partial charge in [-0.25, -0.2) is 10.8 Å². The molecule has 0 radical (unpaired) electrons. The number of pyridine rings is 1. The first-order valence-electron chi connectivity index (χ1n) is 6.53. The molecule has 1 fully saturated rings. The standard InChI is InChI=1S/C14H18N4O/c15-17-14-8-11(5-6-16-14)9-18(12-3-4-12)10-13-2-1-7-19-13/h1-2,5-8,12H,3-4,9-10,15H2,(H,16,17). The fourth-order valence-corrected chi connectivity index (χ4v) is 2.24. The van der Waals surface area contributed by atoms with Crippen LogP contribution in [0.4, 0.5) is 5.82 Å². The Labute approximate surface area is 112 Å². The summed E-state index contributed by atoms with van der Waals surface area (Å²) in [5.41, 5.74) is 3.79. The zero-order valence-corrected chi connectivity index (χ0v) is 10.7. The summed E-state index contributed by atoms with van der Waals surface area (Å²) in [4.78, 5) is 6.57. The minimum absolute atomic E-state index is 0.674. The number of nitrogens with zero attached hydrogens (tertiary/aromatic N) is 2. The number of hydrazine groups is 1. The smallest absolute Gasteiger partial charge is 0.140 e. The van der Waals surface area contributed by atoms with Gasteiger partial charge >= 0.3 is 0 Å². The Hall–Kier alpha value is -1.85. The number of hydrogen-bond acceptors (Lipinski definition) is 5. The van der Waals surface area contributed by atoms with Gasteiger partial charge in [-0.2, -0.15) is 0 Å². The van der Waals surface area contributed by atoms with E-state index < -0.39 is 0 Å². The van der Waals surface area contributed by atoms with Gasteiger partial charge in [-0.05, 0) is 42.7 Å². The minimum atomic E-state index is 0.674. The van der Waals surface area contributed by atoms with E-state index in [9.17, 15) is 0 Å². The van der Waals surface area contributed by atoms with Crippen molar-refractivity contribution in [2.45, 2.75) is 32.0 Å². The molecule has 0 aliphatic heterocycles. The van der Waals surface area contributed by atoms with E-state index in [0.29, 0.717) is 11.9 Å². The lowest BCUT2D eigenvalue weighted by Crippen LogP contribution is -2.25. The fraction of sp³-hybridized carbons (Fsp3) is 0.357. The van der Waals surface area contributed by atoms with Gasteiger partial charge in [0.05, 0.1) is 12.8 Å². The molecule has 1 aliphatic rings. The van der Waals surface area contributed by atoms with Gasteiger partial charge in [0.15, 0.2) is 0 Å².